The van der Waals surface area contributed by atoms with Crippen molar-refractivity contribution in [1.29, 1.82) is 0 Å². The van der Waals surface area contributed by atoms with Gasteiger partial charge in [-0.2, -0.15) is 0 Å². The lowest BCUT2D eigenvalue weighted by Crippen LogP contribution is -2.59. The molecule has 4 nitrogen and oxygen atoms in total. The standard InChI is InChI=1S/C16H21NO3S/c1-11-5-3-4-10-16(11,15(19)20)17-14(18)9-8-13-7-6-12(2)21-13/h6-9,11H,3-5,10H2,1-2H3,(H,17,18)(H,19,20)/b9-8+. The summed E-state index contributed by atoms with van der Waals surface area (Å²) in [5.74, 6) is -1.31. The van der Waals surface area contributed by atoms with Crippen molar-refractivity contribution in [2.24, 2.45) is 5.92 Å². The molecule has 0 aromatic carbocycles. The molecule has 2 atom stereocenters. The molecule has 1 aromatic heterocycles. The minimum Gasteiger partial charge on any atom is -0.479 e. The maximum atomic E-state index is 12.1. The van der Waals surface area contributed by atoms with E-state index in [0.717, 1.165) is 24.1 Å². The van der Waals surface area contributed by atoms with Crippen molar-refractivity contribution in [2.75, 3.05) is 0 Å². The average molecular weight is 307 g/mol. The van der Waals surface area contributed by atoms with Gasteiger partial charge in [-0.3, -0.25) is 4.79 Å². The van der Waals surface area contributed by atoms with Crippen LogP contribution in [0.15, 0.2) is 18.2 Å². The number of amides is 1. The van der Waals surface area contributed by atoms with E-state index in [9.17, 15) is 14.7 Å². The molecule has 1 aliphatic rings. The van der Waals surface area contributed by atoms with E-state index in [1.54, 1.807) is 17.4 Å². The topological polar surface area (TPSA) is 66.4 Å². The fraction of sp³-hybridized carbons (Fsp3) is 0.500. The lowest BCUT2D eigenvalue weighted by atomic mass is 9.73. The first-order valence-electron chi connectivity index (χ1n) is 7.24. The van der Waals surface area contributed by atoms with Gasteiger partial charge in [-0.1, -0.05) is 19.8 Å². The van der Waals surface area contributed by atoms with Gasteiger partial charge in [-0.15, -0.1) is 11.3 Å². The third-order valence-electron chi connectivity index (χ3n) is 4.19. The number of carbonyl (C=O) groups is 2. The van der Waals surface area contributed by atoms with E-state index in [4.69, 9.17) is 0 Å². The number of carboxylic acids is 1. The lowest BCUT2D eigenvalue weighted by molar-refractivity contribution is -0.151. The average Bonchev–Trinajstić information content (AvgIpc) is 2.85. The zero-order valence-electron chi connectivity index (χ0n) is 12.4. The lowest BCUT2D eigenvalue weighted by Gasteiger charge is -2.39. The predicted molar refractivity (Wildman–Crippen MR) is 84.2 cm³/mol. The molecule has 1 amide bonds. The number of nitrogens with one attached hydrogen (secondary N) is 1. The number of carboxylic acid groups (broad SMARTS) is 1. The Bertz CT molecular complexity index is 564. The Kier molecular flexibility index (Phi) is 4.83. The van der Waals surface area contributed by atoms with Gasteiger partial charge in [0.25, 0.3) is 0 Å². The van der Waals surface area contributed by atoms with Crippen LogP contribution in [-0.4, -0.2) is 22.5 Å². The molecular formula is C16H21NO3S. The maximum Gasteiger partial charge on any atom is 0.329 e. The molecule has 1 aliphatic carbocycles. The van der Waals surface area contributed by atoms with Crippen LogP contribution in [0.4, 0.5) is 0 Å². The smallest absolute Gasteiger partial charge is 0.329 e. The van der Waals surface area contributed by atoms with Crippen LogP contribution in [0.5, 0.6) is 0 Å². The van der Waals surface area contributed by atoms with Crippen molar-refractivity contribution in [3.8, 4) is 0 Å². The molecule has 1 heterocycles. The third kappa shape index (κ3) is 3.53. The van der Waals surface area contributed by atoms with Crippen molar-refractivity contribution in [3.63, 3.8) is 0 Å². The van der Waals surface area contributed by atoms with Crippen molar-refractivity contribution >= 4 is 29.3 Å². The quantitative estimate of drug-likeness (QED) is 0.839. The second-order valence-corrected chi connectivity index (χ2v) is 7.01. The summed E-state index contributed by atoms with van der Waals surface area (Å²) >= 11 is 1.60. The van der Waals surface area contributed by atoms with Crippen LogP contribution >= 0.6 is 11.3 Å². The Labute approximate surface area is 128 Å². The fourth-order valence-electron chi connectivity index (χ4n) is 2.87. The van der Waals surface area contributed by atoms with E-state index < -0.39 is 11.5 Å². The number of thiophene rings is 1. The molecule has 0 bridgehead atoms. The maximum absolute atomic E-state index is 12.1. The van der Waals surface area contributed by atoms with Crippen molar-refractivity contribution in [3.05, 3.63) is 28.0 Å². The van der Waals surface area contributed by atoms with Gasteiger partial charge in [0.05, 0.1) is 0 Å². The Balaban J connectivity index is 2.08. The molecule has 2 N–H and O–H groups in total. The molecule has 0 aliphatic heterocycles. The van der Waals surface area contributed by atoms with Gasteiger partial charge in [-0.05, 0) is 43.9 Å². The monoisotopic (exact) mass is 307 g/mol. The number of hydrogen-bond acceptors (Lipinski definition) is 3. The Hall–Kier alpha value is -1.62. The number of carbonyl (C=O) groups excluding carboxylic acids is 1. The first kappa shape index (κ1) is 15.8. The highest BCUT2D eigenvalue weighted by Crippen LogP contribution is 2.34. The summed E-state index contributed by atoms with van der Waals surface area (Å²) in [4.78, 5) is 25.9. The molecule has 1 saturated carbocycles. The van der Waals surface area contributed by atoms with Crippen LogP contribution in [0.1, 0.15) is 42.4 Å². The van der Waals surface area contributed by atoms with Gasteiger partial charge >= 0.3 is 5.97 Å². The highest BCUT2D eigenvalue weighted by molar-refractivity contribution is 7.12. The molecule has 1 fully saturated rings. The van der Waals surface area contributed by atoms with Crippen LogP contribution in [0.2, 0.25) is 0 Å². The van der Waals surface area contributed by atoms with Gasteiger partial charge in [0.1, 0.15) is 5.54 Å². The van der Waals surface area contributed by atoms with E-state index in [2.05, 4.69) is 5.32 Å². The first-order valence-corrected chi connectivity index (χ1v) is 8.06. The summed E-state index contributed by atoms with van der Waals surface area (Å²) in [6.07, 6.45) is 6.36. The molecule has 0 saturated heterocycles. The van der Waals surface area contributed by atoms with Crippen molar-refractivity contribution in [2.45, 2.75) is 45.1 Å². The molecular weight excluding hydrogens is 286 g/mol. The van der Waals surface area contributed by atoms with Gasteiger partial charge in [0.2, 0.25) is 5.91 Å². The van der Waals surface area contributed by atoms with Crippen LogP contribution in [-0.2, 0) is 9.59 Å². The third-order valence-corrected chi connectivity index (χ3v) is 5.15. The molecule has 114 valence electrons. The van der Waals surface area contributed by atoms with Crippen molar-refractivity contribution in [1.82, 2.24) is 5.32 Å². The Morgan fingerprint density at radius 3 is 2.76 bits per heavy atom. The largest absolute Gasteiger partial charge is 0.479 e. The molecule has 5 heteroatoms. The van der Waals surface area contributed by atoms with Gasteiger partial charge in [-0.25, -0.2) is 4.79 Å². The van der Waals surface area contributed by atoms with E-state index >= 15 is 0 Å². The van der Waals surface area contributed by atoms with E-state index in [1.165, 1.54) is 11.0 Å². The summed E-state index contributed by atoms with van der Waals surface area (Å²) in [6, 6.07) is 3.93. The Morgan fingerprint density at radius 1 is 1.43 bits per heavy atom. The highest BCUT2D eigenvalue weighted by atomic mass is 32.1. The number of rotatable bonds is 4. The van der Waals surface area contributed by atoms with Gasteiger partial charge in [0.15, 0.2) is 0 Å². The van der Waals surface area contributed by atoms with E-state index in [0.29, 0.717) is 6.42 Å². The molecule has 0 radical (unpaired) electrons. The van der Waals surface area contributed by atoms with Crippen LogP contribution in [0, 0.1) is 12.8 Å². The number of hydrogen-bond donors (Lipinski definition) is 2. The van der Waals surface area contributed by atoms with Crippen molar-refractivity contribution < 1.29 is 14.7 Å². The summed E-state index contributed by atoms with van der Waals surface area (Å²) in [5, 5.41) is 12.3. The second-order valence-electron chi connectivity index (χ2n) is 5.69. The van der Waals surface area contributed by atoms with E-state index in [1.807, 2.05) is 26.0 Å². The molecule has 0 spiro atoms. The Morgan fingerprint density at radius 2 is 2.19 bits per heavy atom. The number of aryl methyl sites for hydroxylation is 1. The predicted octanol–water partition coefficient (Wildman–Crippen LogP) is 3.22. The zero-order valence-corrected chi connectivity index (χ0v) is 13.2. The SMILES string of the molecule is Cc1ccc(/C=C/C(=O)NC2(C(=O)O)CCCCC2C)s1. The number of aliphatic carboxylic acids is 1. The minimum absolute atomic E-state index is 0.0508. The fourth-order valence-corrected chi connectivity index (χ4v) is 3.65. The summed E-state index contributed by atoms with van der Waals surface area (Å²) in [7, 11) is 0. The summed E-state index contributed by atoms with van der Waals surface area (Å²) in [6.45, 7) is 3.91. The summed E-state index contributed by atoms with van der Waals surface area (Å²) in [5.41, 5.74) is -1.12. The molecule has 2 rings (SSSR count). The first-order chi connectivity index (χ1) is 9.94. The molecule has 1 aromatic rings. The second kappa shape index (κ2) is 6.43. The highest BCUT2D eigenvalue weighted by Gasteiger charge is 2.45. The normalized spacial score (nSPS) is 25.9. The van der Waals surface area contributed by atoms with E-state index in [-0.39, 0.29) is 11.8 Å². The summed E-state index contributed by atoms with van der Waals surface area (Å²) < 4.78 is 0. The van der Waals surface area contributed by atoms with Gasteiger partial charge < -0.3 is 10.4 Å². The van der Waals surface area contributed by atoms with Crippen LogP contribution < -0.4 is 5.32 Å². The van der Waals surface area contributed by atoms with Crippen LogP contribution in [0.25, 0.3) is 6.08 Å². The zero-order chi connectivity index (χ0) is 15.5. The molecule has 21 heavy (non-hydrogen) atoms. The van der Waals surface area contributed by atoms with Crippen LogP contribution in [0.3, 0.4) is 0 Å². The van der Waals surface area contributed by atoms with Gasteiger partial charge in [0, 0.05) is 15.8 Å². The minimum atomic E-state index is -1.12. The molecule has 2 unspecified atom stereocenters.